The average molecular weight is 394 g/mol. The zero-order valence-electron chi connectivity index (χ0n) is 16.0. The number of ether oxygens (including phenoxy) is 2. The summed E-state index contributed by atoms with van der Waals surface area (Å²) >= 11 is 0. The third kappa shape index (κ3) is 1.59. The van der Waals surface area contributed by atoms with Crippen LogP contribution in [0.3, 0.4) is 0 Å². The highest BCUT2D eigenvalue weighted by Crippen LogP contribution is 2.66. The zero-order valence-corrected chi connectivity index (χ0v) is 16.0. The summed E-state index contributed by atoms with van der Waals surface area (Å²) in [6.07, 6.45) is 3.14. The van der Waals surface area contributed by atoms with E-state index in [1.807, 2.05) is 30.3 Å². The lowest BCUT2D eigenvalue weighted by Gasteiger charge is -2.33. The summed E-state index contributed by atoms with van der Waals surface area (Å²) in [5.41, 5.74) is 6.20. The summed E-state index contributed by atoms with van der Waals surface area (Å²) in [6.45, 7) is 0. The number of carbonyl (C=O) groups excluding carboxylic acids is 2. The summed E-state index contributed by atoms with van der Waals surface area (Å²) in [4.78, 5) is 27.4. The number of rotatable bonds is 0. The first kappa shape index (κ1) is 15.9. The van der Waals surface area contributed by atoms with Gasteiger partial charge in [-0.1, -0.05) is 60.7 Å². The van der Waals surface area contributed by atoms with E-state index >= 15 is 0 Å². The van der Waals surface area contributed by atoms with Crippen molar-refractivity contribution in [1.29, 1.82) is 0 Å². The fourth-order valence-electron chi connectivity index (χ4n) is 7.03. The van der Waals surface area contributed by atoms with Crippen molar-refractivity contribution in [2.75, 3.05) is 0 Å². The number of ketones is 2. The van der Waals surface area contributed by atoms with E-state index in [0.717, 1.165) is 22.3 Å². The maximum Gasteiger partial charge on any atom is 0.166 e. The monoisotopic (exact) mass is 394 g/mol. The van der Waals surface area contributed by atoms with Crippen LogP contribution in [0.15, 0.2) is 71.8 Å². The number of Topliss-reactive ketones (excluding diaryl/α,β-unsaturated/α-hetero) is 2. The lowest BCUT2D eigenvalue weighted by atomic mass is 9.74. The number of hydrogen-bond donors (Lipinski definition) is 0. The Bertz CT molecular complexity index is 1250. The zero-order chi connectivity index (χ0) is 19.7. The maximum atomic E-state index is 13.8. The van der Waals surface area contributed by atoms with Gasteiger partial charge in [0.05, 0.1) is 42.2 Å². The average Bonchev–Trinajstić information content (AvgIpc) is 3.48. The summed E-state index contributed by atoms with van der Waals surface area (Å²) < 4.78 is 12.7. The van der Waals surface area contributed by atoms with Crippen molar-refractivity contribution in [2.45, 2.75) is 24.4 Å². The van der Waals surface area contributed by atoms with Crippen LogP contribution in [0.2, 0.25) is 0 Å². The van der Waals surface area contributed by atoms with Crippen LogP contribution in [0.4, 0.5) is 0 Å². The molecule has 6 aliphatic rings. The number of carbonyl (C=O) groups is 2. The summed E-state index contributed by atoms with van der Waals surface area (Å²) in [5, 5.41) is 0. The predicted octanol–water partition coefficient (Wildman–Crippen LogP) is 4.12. The Morgan fingerprint density at radius 3 is 1.93 bits per heavy atom. The Labute approximate surface area is 173 Å². The van der Waals surface area contributed by atoms with E-state index in [-0.39, 0.29) is 53.7 Å². The second kappa shape index (κ2) is 5.08. The normalized spacial score (nSPS) is 40.9. The molecule has 0 aromatic heterocycles. The van der Waals surface area contributed by atoms with Gasteiger partial charge in [0, 0.05) is 11.5 Å². The second-order valence-electron chi connectivity index (χ2n) is 9.26. The molecular formula is C26H18O4. The molecule has 8 atom stereocenters. The van der Waals surface area contributed by atoms with Gasteiger partial charge in [0.15, 0.2) is 11.6 Å². The molecule has 4 heterocycles. The molecule has 6 bridgehead atoms. The Balaban J connectivity index is 1.33. The molecule has 2 saturated heterocycles. The lowest BCUT2D eigenvalue weighted by Crippen LogP contribution is -2.38. The second-order valence-corrected chi connectivity index (χ2v) is 9.26. The van der Waals surface area contributed by atoms with Crippen LogP contribution in [0, 0.1) is 23.7 Å². The van der Waals surface area contributed by atoms with E-state index in [1.54, 1.807) is 0 Å². The van der Waals surface area contributed by atoms with Crippen molar-refractivity contribution in [3.05, 3.63) is 94.1 Å². The minimum atomic E-state index is -0.513. The Hall–Kier alpha value is -2.82. The minimum Gasteiger partial charge on any atom is -0.364 e. The molecule has 2 fully saturated rings. The van der Waals surface area contributed by atoms with Crippen molar-refractivity contribution >= 4 is 11.6 Å². The third-order valence-corrected chi connectivity index (χ3v) is 8.14. The molecule has 2 aliphatic carbocycles. The molecule has 0 unspecified atom stereocenters. The van der Waals surface area contributed by atoms with E-state index in [4.69, 9.17) is 9.47 Å². The van der Waals surface area contributed by atoms with Crippen molar-refractivity contribution in [1.82, 2.24) is 0 Å². The van der Waals surface area contributed by atoms with Crippen molar-refractivity contribution in [3.8, 4) is 0 Å². The fourth-order valence-corrected chi connectivity index (χ4v) is 7.03. The first-order chi connectivity index (χ1) is 14.7. The van der Waals surface area contributed by atoms with Gasteiger partial charge in [0.25, 0.3) is 0 Å². The van der Waals surface area contributed by atoms with Gasteiger partial charge >= 0.3 is 0 Å². The van der Waals surface area contributed by atoms with Crippen LogP contribution in [-0.2, 0) is 19.1 Å². The topological polar surface area (TPSA) is 52.6 Å². The molecule has 2 aromatic carbocycles. The van der Waals surface area contributed by atoms with E-state index in [0.29, 0.717) is 5.57 Å². The molecule has 8 rings (SSSR count). The van der Waals surface area contributed by atoms with Gasteiger partial charge in [-0.2, -0.15) is 0 Å². The van der Waals surface area contributed by atoms with Crippen molar-refractivity contribution < 1.29 is 19.1 Å². The minimum absolute atomic E-state index is 0.00423. The van der Waals surface area contributed by atoms with Gasteiger partial charge in [-0.3, -0.25) is 9.59 Å². The molecule has 4 heteroatoms. The molecule has 0 amide bonds. The summed E-state index contributed by atoms with van der Waals surface area (Å²) in [6, 6.07) is 16.3. The largest absolute Gasteiger partial charge is 0.364 e. The lowest BCUT2D eigenvalue weighted by molar-refractivity contribution is -0.148. The number of benzene rings is 2. The van der Waals surface area contributed by atoms with E-state index in [9.17, 15) is 9.59 Å². The van der Waals surface area contributed by atoms with Gasteiger partial charge in [0.2, 0.25) is 0 Å². The molecular weight excluding hydrogens is 376 g/mol. The Kier molecular flexibility index (Phi) is 2.70. The summed E-state index contributed by atoms with van der Waals surface area (Å²) in [5.74, 6) is -0.846. The first-order valence-corrected chi connectivity index (χ1v) is 10.7. The molecule has 0 radical (unpaired) electrons. The standard InChI is InChI=1S/C26H18O4/c27-21-16-10-9-15-17(19(21)25-12-6-2-1-5-11(12)23(16)29-25)22(28)20-18(15)24-13-7-3-4-8-14(13)26(20)30-24/h1-10,16,18-20,23-26H/t16-,18+,19+,20+,23+,24+,25-,26-/m1/s1. The molecule has 2 aromatic rings. The molecule has 4 aliphatic heterocycles. The Morgan fingerprint density at radius 1 is 0.667 bits per heavy atom. The molecule has 146 valence electrons. The molecule has 0 N–H and O–H groups in total. The quantitative estimate of drug-likeness (QED) is 0.675. The fraction of sp³-hybridized carbons (Fsp3) is 0.308. The van der Waals surface area contributed by atoms with Crippen LogP contribution < -0.4 is 0 Å². The number of hydrogen-bond acceptors (Lipinski definition) is 4. The highest BCUT2D eigenvalue weighted by Gasteiger charge is 2.64. The van der Waals surface area contributed by atoms with Crippen LogP contribution in [0.25, 0.3) is 0 Å². The molecule has 0 spiro atoms. The SMILES string of the molecule is O=C1C2=C(C=C[C@@H]3C(=O)[C@H]2[C@@H]2O[C@H]3c3ccccc32)[C@H]2[C@@H]1[C@@H]1O[C@H]2c2ccccc21. The van der Waals surface area contributed by atoms with Gasteiger partial charge in [-0.15, -0.1) is 0 Å². The Morgan fingerprint density at radius 2 is 1.23 bits per heavy atom. The van der Waals surface area contributed by atoms with Crippen LogP contribution in [0.5, 0.6) is 0 Å². The van der Waals surface area contributed by atoms with Crippen molar-refractivity contribution in [2.24, 2.45) is 23.7 Å². The molecule has 0 saturated carbocycles. The van der Waals surface area contributed by atoms with Crippen molar-refractivity contribution in [3.63, 3.8) is 0 Å². The summed E-state index contributed by atoms with van der Waals surface area (Å²) in [7, 11) is 0. The smallest absolute Gasteiger partial charge is 0.166 e. The predicted molar refractivity (Wildman–Crippen MR) is 106 cm³/mol. The number of fused-ring (bicyclic) bond motifs is 19. The third-order valence-electron chi connectivity index (χ3n) is 8.14. The number of allylic oxidation sites excluding steroid dienone is 1. The van der Waals surface area contributed by atoms with Crippen LogP contribution >= 0.6 is 0 Å². The molecule has 30 heavy (non-hydrogen) atoms. The van der Waals surface area contributed by atoms with Gasteiger partial charge in [0.1, 0.15) is 0 Å². The van der Waals surface area contributed by atoms with Crippen LogP contribution in [-0.4, -0.2) is 11.6 Å². The van der Waals surface area contributed by atoms with E-state index < -0.39 is 5.92 Å². The van der Waals surface area contributed by atoms with E-state index in [1.165, 1.54) is 5.56 Å². The van der Waals surface area contributed by atoms with Gasteiger partial charge in [-0.05, 0) is 27.8 Å². The first-order valence-electron chi connectivity index (χ1n) is 10.7. The maximum absolute atomic E-state index is 13.8. The highest BCUT2D eigenvalue weighted by atomic mass is 16.5. The van der Waals surface area contributed by atoms with Crippen LogP contribution in [0.1, 0.15) is 46.7 Å². The van der Waals surface area contributed by atoms with Gasteiger partial charge < -0.3 is 9.47 Å². The van der Waals surface area contributed by atoms with Gasteiger partial charge in [-0.25, -0.2) is 0 Å². The molecule has 4 nitrogen and oxygen atoms in total. The highest BCUT2D eigenvalue weighted by molar-refractivity contribution is 6.09. The van der Waals surface area contributed by atoms with E-state index in [2.05, 4.69) is 30.3 Å².